The van der Waals surface area contributed by atoms with Crippen molar-refractivity contribution in [2.24, 2.45) is 39.2 Å². The predicted octanol–water partition coefficient (Wildman–Crippen LogP) is 2.77. The van der Waals surface area contributed by atoms with E-state index in [4.69, 9.17) is 19.0 Å². The van der Waals surface area contributed by atoms with Gasteiger partial charge in [-0.1, -0.05) is 38.9 Å². The maximum atomic E-state index is 15.0. The van der Waals surface area contributed by atoms with Crippen molar-refractivity contribution in [2.75, 3.05) is 13.7 Å². The average Bonchev–Trinajstić information content (AvgIpc) is 3.48. The normalized spacial score (nSPS) is 39.0. The van der Waals surface area contributed by atoms with Crippen LogP contribution in [0.5, 0.6) is 5.75 Å². The first-order valence-electron chi connectivity index (χ1n) is 14.1. The van der Waals surface area contributed by atoms with Crippen LogP contribution >= 0.6 is 0 Å². The van der Waals surface area contributed by atoms with Crippen molar-refractivity contribution in [2.45, 2.75) is 78.6 Å². The van der Waals surface area contributed by atoms with Crippen molar-refractivity contribution >= 4 is 30.5 Å². The first kappa shape index (κ1) is 29.0. The van der Waals surface area contributed by atoms with E-state index in [1.165, 1.54) is 13.2 Å². The smallest absolute Gasteiger partial charge is 0.479 e. The lowest BCUT2D eigenvalue weighted by molar-refractivity contribution is -0.205. The van der Waals surface area contributed by atoms with Crippen LogP contribution in [0.25, 0.3) is 0 Å². The summed E-state index contributed by atoms with van der Waals surface area (Å²) in [5.74, 6) is -2.03. The number of halogens is 1. The van der Waals surface area contributed by atoms with Gasteiger partial charge >= 0.3 is 13.1 Å². The van der Waals surface area contributed by atoms with Gasteiger partial charge in [0.25, 0.3) is 0 Å². The van der Waals surface area contributed by atoms with E-state index in [9.17, 15) is 24.1 Å². The molecule has 40 heavy (non-hydrogen) atoms. The highest BCUT2D eigenvalue weighted by atomic mass is 19.1. The lowest BCUT2D eigenvalue weighted by atomic mass is 9.44. The summed E-state index contributed by atoms with van der Waals surface area (Å²) in [6.07, 6.45) is 2.97. The summed E-state index contributed by atoms with van der Waals surface area (Å²) in [6, 6.07) is 2.98. The molecule has 0 radical (unpaired) electrons. The van der Waals surface area contributed by atoms with Crippen LogP contribution in [0.1, 0.15) is 65.4 Å². The number of ketones is 1. The number of benzene rings is 1. The molecule has 3 saturated carbocycles. The van der Waals surface area contributed by atoms with Crippen LogP contribution in [0, 0.1) is 39.8 Å². The summed E-state index contributed by atoms with van der Waals surface area (Å²) in [6.45, 7) is 7.56. The number of esters is 1. The Bertz CT molecular complexity index is 1210. The lowest BCUT2D eigenvalue weighted by Gasteiger charge is -2.61. The summed E-state index contributed by atoms with van der Waals surface area (Å²) in [5.41, 5.74) is -1.51. The third kappa shape index (κ3) is 4.36. The van der Waals surface area contributed by atoms with Crippen LogP contribution in [-0.2, 0) is 30.4 Å². The number of nitrogens with zero attached hydrogens (tertiary/aromatic N) is 1. The molecule has 8 atom stereocenters. The van der Waals surface area contributed by atoms with Gasteiger partial charge in [0.15, 0.2) is 18.2 Å². The molecule has 0 saturated heterocycles. The molecular weight excluding hydrogens is 520 g/mol. The minimum absolute atomic E-state index is 0.00168. The minimum atomic E-state index is -1.39. The number of ether oxygens (including phenoxy) is 2. The number of carbonyl (C=O) groups is 2. The van der Waals surface area contributed by atoms with Crippen molar-refractivity contribution in [3.05, 3.63) is 23.5 Å². The second-order valence-electron chi connectivity index (χ2n) is 12.7. The molecule has 3 aliphatic carbocycles. The second kappa shape index (κ2) is 10.4. The molecule has 1 aromatic rings. The number of rotatable bonds is 6. The number of fused-ring (bicyclic) bond motifs is 1. The number of hydrogen-bond donors (Lipinski definition) is 2. The summed E-state index contributed by atoms with van der Waals surface area (Å²) in [7, 11) is 0.0386. The SMILES string of the molecule is CON=C[C@]1(C)C[C@@H](OC(=O)COc2ccc3c(c2F)B(O)OC3)[C@]2(C)[C@H](C)CC[C@]3(CCC(=O)[C@H]32)[C@@H](C)[C@@H]1O. The molecule has 9 nitrogen and oxygen atoms in total. The highest BCUT2D eigenvalue weighted by Gasteiger charge is 2.68. The Morgan fingerprint density at radius 2 is 2.05 bits per heavy atom. The van der Waals surface area contributed by atoms with Crippen LogP contribution < -0.4 is 10.2 Å². The van der Waals surface area contributed by atoms with E-state index >= 15 is 0 Å². The zero-order valence-corrected chi connectivity index (χ0v) is 23.8. The number of hydrogen-bond acceptors (Lipinski definition) is 9. The van der Waals surface area contributed by atoms with Gasteiger partial charge in [-0.3, -0.25) is 4.79 Å². The molecule has 3 fully saturated rings. The number of aliphatic hydroxyl groups is 1. The topological polar surface area (TPSA) is 124 Å². The Kier molecular flexibility index (Phi) is 7.55. The van der Waals surface area contributed by atoms with Gasteiger partial charge in [0.1, 0.15) is 19.0 Å². The Morgan fingerprint density at radius 3 is 2.77 bits per heavy atom. The van der Waals surface area contributed by atoms with E-state index in [0.717, 1.165) is 12.8 Å². The van der Waals surface area contributed by atoms with E-state index in [0.29, 0.717) is 18.4 Å². The molecule has 0 aromatic heterocycles. The van der Waals surface area contributed by atoms with Crippen LogP contribution in [0.15, 0.2) is 17.3 Å². The quantitative estimate of drug-likeness (QED) is 0.236. The zero-order chi connectivity index (χ0) is 29.0. The molecule has 1 aromatic carbocycles. The molecule has 4 aliphatic rings. The van der Waals surface area contributed by atoms with Crippen LogP contribution in [0.3, 0.4) is 0 Å². The highest BCUT2D eigenvalue weighted by molar-refractivity contribution is 6.61. The van der Waals surface area contributed by atoms with Gasteiger partial charge in [0.2, 0.25) is 0 Å². The average molecular weight is 559 g/mol. The van der Waals surface area contributed by atoms with Crippen molar-refractivity contribution in [1.82, 2.24) is 0 Å². The van der Waals surface area contributed by atoms with Gasteiger partial charge in [-0.2, -0.15) is 0 Å². The molecule has 218 valence electrons. The lowest BCUT2D eigenvalue weighted by Crippen LogP contribution is -2.63. The van der Waals surface area contributed by atoms with Crippen LogP contribution in [-0.4, -0.2) is 61.1 Å². The van der Waals surface area contributed by atoms with E-state index in [1.54, 1.807) is 12.3 Å². The molecule has 1 heterocycles. The Hall–Kier alpha value is -2.50. The number of aliphatic hydroxyl groups excluding tert-OH is 1. The van der Waals surface area contributed by atoms with Crippen molar-refractivity contribution in [1.29, 1.82) is 0 Å². The molecule has 11 heteroatoms. The first-order chi connectivity index (χ1) is 18.9. The molecule has 1 aliphatic heterocycles. The third-order valence-corrected chi connectivity index (χ3v) is 10.8. The third-order valence-electron chi connectivity index (χ3n) is 10.8. The minimum Gasteiger partial charge on any atom is -0.479 e. The maximum Gasteiger partial charge on any atom is 0.494 e. The van der Waals surface area contributed by atoms with Crippen LogP contribution in [0.4, 0.5) is 4.39 Å². The monoisotopic (exact) mass is 559 g/mol. The fourth-order valence-electron chi connectivity index (χ4n) is 8.30. The number of carbonyl (C=O) groups excluding carboxylic acids is 2. The first-order valence-corrected chi connectivity index (χ1v) is 14.1. The standard InChI is InChI=1S/C29H39BFNO8/c1-16-8-10-29-11-9-19(33)25(29)28(16,4)21(12-27(3,15-32-37-5)26(35)17(29)2)40-22(34)14-38-20-7-6-18-13-39-30(36)23(18)24(20)31/h6-7,15-17,21,25-26,35-36H,8-14H2,1-5H3/t16-,17+,21-,25+,26+,27+,28+,29+/m1/s1. The predicted molar refractivity (Wildman–Crippen MR) is 144 cm³/mol. The Balaban J connectivity index is 1.46. The summed E-state index contributed by atoms with van der Waals surface area (Å²) >= 11 is 0. The van der Waals surface area contributed by atoms with E-state index in [-0.39, 0.29) is 47.8 Å². The van der Waals surface area contributed by atoms with Gasteiger partial charge in [-0.15, -0.1) is 0 Å². The number of Topliss-reactive ketones (excluding diaryl/α,β-unsaturated/α-hetero) is 1. The fraction of sp³-hybridized carbons (Fsp3) is 0.690. The van der Waals surface area contributed by atoms with Gasteiger partial charge in [0, 0.05) is 28.6 Å². The molecule has 0 amide bonds. The Morgan fingerprint density at radius 1 is 1.30 bits per heavy atom. The van der Waals surface area contributed by atoms with E-state index < -0.39 is 54.0 Å². The largest absolute Gasteiger partial charge is 0.494 e. The maximum absolute atomic E-state index is 15.0. The fourth-order valence-corrected chi connectivity index (χ4v) is 8.30. The van der Waals surface area contributed by atoms with Crippen LogP contribution in [0.2, 0.25) is 0 Å². The molecule has 2 N–H and O–H groups in total. The van der Waals surface area contributed by atoms with Gasteiger partial charge in [0.05, 0.1) is 18.9 Å². The van der Waals surface area contributed by atoms with Crippen molar-refractivity contribution in [3.63, 3.8) is 0 Å². The van der Waals surface area contributed by atoms with E-state index in [1.807, 2.05) is 20.8 Å². The summed E-state index contributed by atoms with van der Waals surface area (Å²) < 4.78 is 31.7. The number of oxime groups is 1. The Labute approximate surface area is 234 Å². The molecule has 2 bridgehead atoms. The highest BCUT2D eigenvalue weighted by Crippen LogP contribution is 2.67. The zero-order valence-electron chi connectivity index (χ0n) is 23.8. The summed E-state index contributed by atoms with van der Waals surface area (Å²) in [4.78, 5) is 31.8. The van der Waals surface area contributed by atoms with E-state index in [2.05, 4.69) is 12.1 Å². The second-order valence-corrected chi connectivity index (χ2v) is 12.7. The molecular formula is C29H39BFNO8. The van der Waals surface area contributed by atoms with Gasteiger partial charge in [-0.05, 0) is 54.6 Å². The van der Waals surface area contributed by atoms with Crippen molar-refractivity contribution < 1.29 is 43.1 Å². The molecule has 5 rings (SSSR count). The van der Waals surface area contributed by atoms with Crippen molar-refractivity contribution in [3.8, 4) is 5.75 Å². The van der Waals surface area contributed by atoms with Gasteiger partial charge < -0.3 is 29.1 Å². The molecule has 0 unspecified atom stereocenters. The van der Waals surface area contributed by atoms with Gasteiger partial charge in [-0.25, -0.2) is 9.18 Å². The molecule has 0 spiro atoms. The summed E-state index contributed by atoms with van der Waals surface area (Å²) in [5, 5.41) is 25.7.